The van der Waals surface area contributed by atoms with Gasteiger partial charge in [0.15, 0.2) is 5.78 Å². The number of hydrogen-bond acceptors (Lipinski definition) is 3. The van der Waals surface area contributed by atoms with Crippen molar-refractivity contribution in [1.82, 2.24) is 5.32 Å². The van der Waals surface area contributed by atoms with Crippen LogP contribution in [0.5, 0.6) is 0 Å². The predicted octanol–water partition coefficient (Wildman–Crippen LogP) is 1.98. The fourth-order valence-corrected chi connectivity index (χ4v) is 2.69. The fourth-order valence-electron chi connectivity index (χ4n) is 2.69. The highest BCUT2D eigenvalue weighted by Crippen LogP contribution is 2.57. The molecule has 2 aliphatic rings. The normalized spacial score (nSPS) is 32.8. The number of allylic oxidation sites excluding steroid dienone is 1. The third-order valence-corrected chi connectivity index (χ3v) is 3.66. The lowest BCUT2D eigenvalue weighted by Gasteiger charge is -2.17. The number of amides is 1. The molecule has 2 fully saturated rings. The average Bonchev–Trinajstić information content (AvgIpc) is 3.00. The molecule has 92 valence electrons. The maximum absolute atomic E-state index is 11.7. The number of ketones is 1. The number of benzene rings is 1. The molecule has 0 aromatic heterocycles. The van der Waals surface area contributed by atoms with Gasteiger partial charge in [-0.1, -0.05) is 36.9 Å². The minimum atomic E-state index is -0.705. The molecule has 0 radical (unpaired) electrons. The van der Waals surface area contributed by atoms with E-state index in [-0.39, 0.29) is 17.7 Å². The van der Waals surface area contributed by atoms with Gasteiger partial charge < -0.3 is 10.1 Å². The van der Waals surface area contributed by atoms with Crippen LogP contribution in [0, 0.1) is 5.92 Å². The zero-order valence-corrected chi connectivity index (χ0v) is 9.76. The number of alkyl carbamates (subject to hydrolysis) is 1. The van der Waals surface area contributed by atoms with E-state index < -0.39 is 11.7 Å². The number of ether oxygens (including phenoxy) is 1. The second-order valence-electron chi connectivity index (χ2n) is 4.70. The summed E-state index contributed by atoms with van der Waals surface area (Å²) in [7, 11) is 0. The Hall–Kier alpha value is -2.10. The Kier molecular flexibility index (Phi) is 2.26. The smallest absolute Gasteiger partial charge is 0.408 e. The van der Waals surface area contributed by atoms with Crippen molar-refractivity contribution in [2.75, 3.05) is 0 Å². The second kappa shape index (κ2) is 3.70. The lowest BCUT2D eigenvalue weighted by atomic mass is 9.97. The molecular weight excluding hydrogens is 230 g/mol. The summed E-state index contributed by atoms with van der Waals surface area (Å²) >= 11 is 0. The van der Waals surface area contributed by atoms with Gasteiger partial charge in [0.25, 0.3) is 0 Å². The lowest BCUT2D eigenvalue weighted by molar-refractivity contribution is -0.117. The van der Waals surface area contributed by atoms with E-state index in [2.05, 4.69) is 11.9 Å². The molecule has 1 spiro atoms. The van der Waals surface area contributed by atoms with Crippen molar-refractivity contribution >= 4 is 11.9 Å². The summed E-state index contributed by atoms with van der Waals surface area (Å²) < 4.78 is 5.34. The first kappa shape index (κ1) is 11.0. The predicted molar refractivity (Wildman–Crippen MR) is 64.8 cm³/mol. The number of nitrogens with one attached hydrogen (secondary N) is 1. The van der Waals surface area contributed by atoms with Crippen LogP contribution in [0.25, 0.3) is 0 Å². The first-order chi connectivity index (χ1) is 8.67. The molecule has 1 saturated heterocycles. The molecule has 1 aromatic carbocycles. The van der Waals surface area contributed by atoms with Gasteiger partial charge in [0.05, 0.1) is 12.0 Å². The summed E-state index contributed by atoms with van der Waals surface area (Å²) in [5, 5.41) is 2.78. The molecule has 1 aliphatic carbocycles. The summed E-state index contributed by atoms with van der Waals surface area (Å²) in [5.74, 6) is -0.327. The van der Waals surface area contributed by atoms with Crippen LogP contribution in [0.3, 0.4) is 0 Å². The average molecular weight is 243 g/mol. The molecular formula is C14H13NO3. The molecule has 1 aliphatic heterocycles. The van der Waals surface area contributed by atoms with Crippen molar-refractivity contribution in [1.29, 1.82) is 0 Å². The van der Waals surface area contributed by atoms with Gasteiger partial charge >= 0.3 is 6.09 Å². The summed E-state index contributed by atoms with van der Waals surface area (Å²) in [6.07, 6.45) is 1.41. The van der Waals surface area contributed by atoms with Crippen molar-refractivity contribution in [3.63, 3.8) is 0 Å². The van der Waals surface area contributed by atoms with Gasteiger partial charge in [-0.25, -0.2) is 4.79 Å². The Morgan fingerprint density at radius 1 is 1.44 bits per heavy atom. The third kappa shape index (κ3) is 1.45. The number of hydrogen-bond donors (Lipinski definition) is 1. The first-order valence-electron chi connectivity index (χ1n) is 5.88. The maximum Gasteiger partial charge on any atom is 0.408 e. The van der Waals surface area contributed by atoms with E-state index in [1.807, 2.05) is 30.3 Å². The molecule has 4 nitrogen and oxygen atoms in total. The number of carbonyl (C=O) groups excluding carboxylic acids is 2. The van der Waals surface area contributed by atoms with Crippen LogP contribution in [-0.2, 0) is 9.53 Å². The fraction of sp³-hybridized carbons (Fsp3) is 0.286. The molecule has 18 heavy (non-hydrogen) atoms. The monoisotopic (exact) mass is 243 g/mol. The Balaban J connectivity index is 1.93. The van der Waals surface area contributed by atoms with E-state index in [0.717, 1.165) is 5.56 Å². The second-order valence-corrected chi connectivity index (χ2v) is 4.70. The van der Waals surface area contributed by atoms with Gasteiger partial charge in [0, 0.05) is 6.42 Å². The van der Waals surface area contributed by atoms with Gasteiger partial charge in [-0.3, -0.25) is 4.79 Å². The van der Waals surface area contributed by atoms with E-state index in [4.69, 9.17) is 4.74 Å². The van der Waals surface area contributed by atoms with E-state index in [1.54, 1.807) is 0 Å². The molecule has 1 aromatic rings. The van der Waals surface area contributed by atoms with E-state index in [9.17, 15) is 9.59 Å². The highest BCUT2D eigenvalue weighted by Gasteiger charge is 2.69. The zero-order valence-electron chi connectivity index (χ0n) is 9.76. The van der Waals surface area contributed by atoms with Crippen molar-refractivity contribution in [3.05, 3.63) is 48.6 Å². The van der Waals surface area contributed by atoms with Crippen LogP contribution in [0.4, 0.5) is 4.79 Å². The molecule has 3 rings (SSSR count). The van der Waals surface area contributed by atoms with Crippen molar-refractivity contribution in [3.8, 4) is 0 Å². The first-order valence-corrected chi connectivity index (χ1v) is 5.88. The Bertz CT molecular complexity index is 525. The zero-order chi connectivity index (χ0) is 12.8. The number of carbonyl (C=O) groups is 2. The lowest BCUT2D eigenvalue weighted by Crippen LogP contribution is -2.27. The van der Waals surface area contributed by atoms with Gasteiger partial charge in [0.2, 0.25) is 0 Å². The minimum Gasteiger partial charge on any atom is -0.440 e. The van der Waals surface area contributed by atoms with Gasteiger partial charge in [-0.05, 0) is 11.6 Å². The summed E-state index contributed by atoms with van der Waals surface area (Å²) in [6.45, 7) is 3.48. The van der Waals surface area contributed by atoms with Crippen LogP contribution in [-0.4, -0.2) is 17.5 Å². The topological polar surface area (TPSA) is 55.4 Å². The standard InChI is InChI=1S/C14H13NO3/c1-2-11(16)10-8-14(10)12(15-13(17)18-14)9-6-4-3-5-7-9/h2-7,10,12H,1,8H2,(H,15,17). The van der Waals surface area contributed by atoms with E-state index >= 15 is 0 Å². The van der Waals surface area contributed by atoms with Crippen LogP contribution in [0.15, 0.2) is 43.0 Å². The highest BCUT2D eigenvalue weighted by molar-refractivity contribution is 5.96. The molecule has 0 bridgehead atoms. The van der Waals surface area contributed by atoms with Gasteiger partial charge in [-0.2, -0.15) is 0 Å². The van der Waals surface area contributed by atoms with Gasteiger partial charge in [0.1, 0.15) is 5.60 Å². The summed E-state index contributed by atoms with van der Waals surface area (Å²) in [6, 6.07) is 9.32. The van der Waals surface area contributed by atoms with Gasteiger partial charge in [-0.15, -0.1) is 0 Å². The van der Waals surface area contributed by atoms with E-state index in [1.165, 1.54) is 6.08 Å². The third-order valence-electron chi connectivity index (χ3n) is 3.66. The number of rotatable bonds is 3. The van der Waals surface area contributed by atoms with Crippen molar-refractivity contribution < 1.29 is 14.3 Å². The summed E-state index contributed by atoms with van der Waals surface area (Å²) in [5.41, 5.74) is 0.256. The molecule has 1 heterocycles. The minimum absolute atomic E-state index is 0.0626. The van der Waals surface area contributed by atoms with Crippen molar-refractivity contribution in [2.24, 2.45) is 5.92 Å². The molecule has 1 saturated carbocycles. The van der Waals surface area contributed by atoms with E-state index in [0.29, 0.717) is 6.42 Å². The molecule has 1 N–H and O–H groups in total. The highest BCUT2D eigenvalue weighted by atomic mass is 16.6. The summed E-state index contributed by atoms with van der Waals surface area (Å²) in [4.78, 5) is 23.2. The Morgan fingerprint density at radius 3 is 2.83 bits per heavy atom. The van der Waals surface area contributed by atoms with Crippen LogP contribution in [0.1, 0.15) is 18.0 Å². The quantitative estimate of drug-likeness (QED) is 0.826. The Morgan fingerprint density at radius 2 is 2.17 bits per heavy atom. The molecule has 3 unspecified atom stereocenters. The Labute approximate surface area is 105 Å². The largest absolute Gasteiger partial charge is 0.440 e. The van der Waals surface area contributed by atoms with Crippen LogP contribution in [0.2, 0.25) is 0 Å². The van der Waals surface area contributed by atoms with Crippen LogP contribution < -0.4 is 5.32 Å². The molecule has 3 atom stereocenters. The maximum atomic E-state index is 11.7. The van der Waals surface area contributed by atoms with Crippen molar-refractivity contribution in [2.45, 2.75) is 18.1 Å². The molecule has 1 amide bonds. The van der Waals surface area contributed by atoms with Crippen LogP contribution >= 0.6 is 0 Å². The molecule has 4 heteroatoms. The SMILES string of the molecule is C=CC(=O)C1CC12OC(=O)NC2c1ccccc1.